The van der Waals surface area contributed by atoms with Crippen LogP contribution >= 0.6 is 0 Å². The van der Waals surface area contributed by atoms with E-state index in [2.05, 4.69) is 13.0 Å². The number of carbonyl (C=O) groups excluding carboxylic acids is 1. The molecular weight excluding hydrogens is 286 g/mol. The number of fused-ring (bicyclic) bond motifs is 2. The van der Waals surface area contributed by atoms with Gasteiger partial charge in [-0.1, -0.05) is 36.4 Å². The summed E-state index contributed by atoms with van der Waals surface area (Å²) in [7, 11) is 0. The highest BCUT2D eigenvalue weighted by Gasteiger charge is 2.30. The molecular formula is C20H19NO2. The number of rotatable bonds is 3. The highest BCUT2D eigenvalue weighted by molar-refractivity contribution is 5.96. The van der Waals surface area contributed by atoms with Crippen LogP contribution in [0.25, 0.3) is 11.0 Å². The molecule has 0 saturated heterocycles. The molecule has 4 rings (SSSR count). The average Bonchev–Trinajstić information content (AvgIpc) is 3.12. The zero-order chi connectivity index (χ0) is 15.8. The van der Waals surface area contributed by atoms with Crippen LogP contribution in [0.2, 0.25) is 0 Å². The summed E-state index contributed by atoms with van der Waals surface area (Å²) in [4.78, 5) is 14.6. The van der Waals surface area contributed by atoms with Crippen molar-refractivity contribution in [2.75, 3.05) is 4.90 Å². The molecule has 1 aliphatic rings. The number of carbonyl (C=O) groups is 1. The van der Waals surface area contributed by atoms with Crippen LogP contribution in [0.1, 0.15) is 24.7 Å². The first-order valence-corrected chi connectivity index (χ1v) is 8.10. The number of anilines is 1. The second-order valence-corrected chi connectivity index (χ2v) is 6.20. The molecule has 0 aliphatic carbocycles. The van der Waals surface area contributed by atoms with Crippen molar-refractivity contribution in [1.82, 2.24) is 0 Å². The topological polar surface area (TPSA) is 33.5 Å². The molecule has 1 amide bonds. The largest absolute Gasteiger partial charge is 0.461 e. The van der Waals surface area contributed by atoms with Gasteiger partial charge in [0, 0.05) is 30.0 Å². The van der Waals surface area contributed by atoms with E-state index < -0.39 is 0 Å². The number of nitrogens with zero attached hydrogens (tertiary/aromatic N) is 1. The molecule has 23 heavy (non-hydrogen) atoms. The molecule has 2 aromatic carbocycles. The predicted molar refractivity (Wildman–Crippen MR) is 91.6 cm³/mol. The summed E-state index contributed by atoms with van der Waals surface area (Å²) in [6.45, 7) is 2.11. The third kappa shape index (κ3) is 2.52. The van der Waals surface area contributed by atoms with E-state index in [4.69, 9.17) is 4.42 Å². The summed E-state index contributed by atoms with van der Waals surface area (Å²) in [5.41, 5.74) is 3.21. The lowest BCUT2D eigenvalue weighted by molar-refractivity contribution is -0.118. The highest BCUT2D eigenvalue weighted by atomic mass is 16.3. The van der Waals surface area contributed by atoms with Gasteiger partial charge in [-0.25, -0.2) is 0 Å². The number of furan rings is 1. The van der Waals surface area contributed by atoms with Crippen molar-refractivity contribution in [3.8, 4) is 0 Å². The standard InChI is InChI=1S/C20H19NO2/c1-14-12-15-6-2-4-8-18(15)21(14)20(22)11-10-17-13-16-7-3-5-9-19(16)23-17/h2-9,13-14H,10-12H2,1H3/t14-/m1/s1. The molecule has 2 heterocycles. The van der Waals surface area contributed by atoms with E-state index in [1.165, 1.54) is 5.56 Å². The van der Waals surface area contributed by atoms with Crippen molar-refractivity contribution < 1.29 is 9.21 Å². The molecule has 0 unspecified atom stereocenters. The fourth-order valence-electron chi connectivity index (χ4n) is 3.46. The van der Waals surface area contributed by atoms with E-state index in [0.717, 1.165) is 28.8 Å². The zero-order valence-electron chi connectivity index (χ0n) is 13.2. The minimum absolute atomic E-state index is 0.169. The van der Waals surface area contributed by atoms with Gasteiger partial charge in [0.25, 0.3) is 0 Å². The fourth-order valence-corrected chi connectivity index (χ4v) is 3.46. The molecule has 0 spiro atoms. The monoisotopic (exact) mass is 305 g/mol. The SMILES string of the molecule is C[C@@H]1Cc2ccccc2N1C(=O)CCc1cc2ccccc2o1. The lowest BCUT2D eigenvalue weighted by atomic mass is 10.1. The molecule has 116 valence electrons. The van der Waals surface area contributed by atoms with Crippen molar-refractivity contribution in [2.45, 2.75) is 32.2 Å². The van der Waals surface area contributed by atoms with E-state index in [-0.39, 0.29) is 11.9 Å². The number of benzene rings is 2. The Labute approximate surface area is 135 Å². The van der Waals surface area contributed by atoms with Crippen LogP contribution in [-0.4, -0.2) is 11.9 Å². The second kappa shape index (κ2) is 5.58. The predicted octanol–water partition coefficient (Wildman–Crippen LogP) is 4.34. The van der Waals surface area contributed by atoms with Crippen LogP contribution in [0.3, 0.4) is 0 Å². The Morgan fingerprint density at radius 1 is 1.17 bits per heavy atom. The molecule has 3 heteroatoms. The van der Waals surface area contributed by atoms with Crippen molar-refractivity contribution in [3.05, 3.63) is 65.9 Å². The van der Waals surface area contributed by atoms with Crippen molar-refractivity contribution in [2.24, 2.45) is 0 Å². The minimum atomic E-state index is 0.169. The summed E-state index contributed by atoms with van der Waals surface area (Å²) < 4.78 is 5.81. The fraction of sp³-hybridized carbons (Fsp3) is 0.250. The summed E-state index contributed by atoms with van der Waals surface area (Å²) >= 11 is 0. The number of hydrogen-bond acceptors (Lipinski definition) is 2. The first kappa shape index (κ1) is 14.1. The van der Waals surface area contributed by atoms with E-state index in [9.17, 15) is 4.79 Å². The Bertz CT molecular complexity index is 832. The van der Waals surface area contributed by atoms with Gasteiger partial charge >= 0.3 is 0 Å². The zero-order valence-corrected chi connectivity index (χ0v) is 13.2. The van der Waals surface area contributed by atoms with Gasteiger partial charge in [0.05, 0.1) is 0 Å². The second-order valence-electron chi connectivity index (χ2n) is 6.20. The Kier molecular flexibility index (Phi) is 3.41. The Balaban J connectivity index is 1.50. The normalized spacial score (nSPS) is 16.7. The van der Waals surface area contributed by atoms with Crippen LogP contribution in [0.15, 0.2) is 59.0 Å². The van der Waals surface area contributed by atoms with Gasteiger partial charge in [0.15, 0.2) is 0 Å². The van der Waals surface area contributed by atoms with E-state index in [1.54, 1.807) is 0 Å². The molecule has 3 aromatic rings. The summed E-state index contributed by atoms with van der Waals surface area (Å²) in [6, 6.07) is 18.4. The molecule has 0 saturated carbocycles. The van der Waals surface area contributed by atoms with Crippen LogP contribution in [0.5, 0.6) is 0 Å². The van der Waals surface area contributed by atoms with Crippen LogP contribution in [0, 0.1) is 0 Å². The third-order valence-corrected chi connectivity index (χ3v) is 4.54. The van der Waals surface area contributed by atoms with Crippen LogP contribution in [0.4, 0.5) is 5.69 Å². The van der Waals surface area contributed by atoms with Gasteiger partial charge in [-0.2, -0.15) is 0 Å². The molecule has 1 atom stereocenters. The Morgan fingerprint density at radius 3 is 2.83 bits per heavy atom. The van der Waals surface area contributed by atoms with Crippen molar-refractivity contribution >= 4 is 22.6 Å². The maximum Gasteiger partial charge on any atom is 0.227 e. The molecule has 0 radical (unpaired) electrons. The number of hydrogen-bond donors (Lipinski definition) is 0. The number of amides is 1. The quantitative estimate of drug-likeness (QED) is 0.721. The van der Waals surface area contributed by atoms with Crippen molar-refractivity contribution in [1.29, 1.82) is 0 Å². The Hall–Kier alpha value is -2.55. The molecule has 1 aromatic heterocycles. The maximum atomic E-state index is 12.7. The smallest absolute Gasteiger partial charge is 0.227 e. The third-order valence-electron chi connectivity index (χ3n) is 4.54. The molecule has 0 fully saturated rings. The van der Waals surface area contributed by atoms with Crippen LogP contribution in [-0.2, 0) is 17.6 Å². The number of aryl methyl sites for hydroxylation is 1. The summed E-state index contributed by atoms with van der Waals surface area (Å²) in [5.74, 6) is 1.04. The molecule has 0 bridgehead atoms. The van der Waals surface area contributed by atoms with E-state index in [0.29, 0.717) is 12.8 Å². The van der Waals surface area contributed by atoms with Gasteiger partial charge in [-0.05, 0) is 37.1 Å². The first-order valence-electron chi connectivity index (χ1n) is 8.10. The highest BCUT2D eigenvalue weighted by Crippen LogP contribution is 2.32. The van der Waals surface area contributed by atoms with Gasteiger partial charge in [-0.3, -0.25) is 4.79 Å². The molecule has 0 N–H and O–H groups in total. The molecule has 3 nitrogen and oxygen atoms in total. The van der Waals surface area contributed by atoms with Crippen molar-refractivity contribution in [3.63, 3.8) is 0 Å². The lowest BCUT2D eigenvalue weighted by Crippen LogP contribution is -2.35. The van der Waals surface area contributed by atoms with Gasteiger partial charge in [0.2, 0.25) is 5.91 Å². The molecule has 1 aliphatic heterocycles. The van der Waals surface area contributed by atoms with Crippen LogP contribution < -0.4 is 4.90 Å². The lowest BCUT2D eigenvalue weighted by Gasteiger charge is -2.22. The average molecular weight is 305 g/mol. The minimum Gasteiger partial charge on any atom is -0.461 e. The van der Waals surface area contributed by atoms with E-state index >= 15 is 0 Å². The number of para-hydroxylation sites is 2. The Morgan fingerprint density at radius 2 is 1.96 bits per heavy atom. The maximum absolute atomic E-state index is 12.7. The van der Waals surface area contributed by atoms with Gasteiger partial charge < -0.3 is 9.32 Å². The first-order chi connectivity index (χ1) is 11.2. The van der Waals surface area contributed by atoms with E-state index in [1.807, 2.05) is 53.4 Å². The summed E-state index contributed by atoms with van der Waals surface area (Å²) in [5, 5.41) is 1.09. The van der Waals surface area contributed by atoms with Gasteiger partial charge in [-0.15, -0.1) is 0 Å². The van der Waals surface area contributed by atoms with Gasteiger partial charge in [0.1, 0.15) is 11.3 Å². The summed E-state index contributed by atoms with van der Waals surface area (Å²) in [6.07, 6.45) is 2.05.